The number of nitrogens with zero attached hydrogens (tertiary/aromatic N) is 2. The molecule has 2 aromatic rings. The second kappa shape index (κ2) is 6.13. The van der Waals surface area contributed by atoms with Crippen LogP contribution in [-0.2, 0) is 0 Å². The van der Waals surface area contributed by atoms with E-state index in [1.54, 1.807) is 12.3 Å². The van der Waals surface area contributed by atoms with Crippen molar-refractivity contribution in [1.82, 2.24) is 15.3 Å². The van der Waals surface area contributed by atoms with Crippen LogP contribution in [0, 0.1) is 0 Å². The lowest BCUT2D eigenvalue weighted by Gasteiger charge is -2.13. The van der Waals surface area contributed by atoms with Gasteiger partial charge in [-0.1, -0.05) is 32.0 Å². The summed E-state index contributed by atoms with van der Waals surface area (Å²) < 4.78 is 0. The van der Waals surface area contributed by atoms with Crippen LogP contribution in [-0.4, -0.2) is 21.9 Å². The number of carbonyl (C=O) groups is 1. The van der Waals surface area contributed by atoms with Crippen LogP contribution in [0.15, 0.2) is 36.5 Å². The number of carbonyl (C=O) groups excluding carboxylic acids is 1. The molecule has 1 aromatic heterocycles. The zero-order valence-electron chi connectivity index (χ0n) is 12.8. The van der Waals surface area contributed by atoms with Crippen LogP contribution in [0.5, 0.6) is 0 Å². The van der Waals surface area contributed by atoms with Gasteiger partial charge in [-0.3, -0.25) is 4.79 Å². The molecule has 1 fully saturated rings. The molecule has 22 heavy (non-hydrogen) atoms. The van der Waals surface area contributed by atoms with Gasteiger partial charge in [0.25, 0.3) is 5.91 Å². The van der Waals surface area contributed by atoms with Crippen molar-refractivity contribution in [2.24, 2.45) is 0 Å². The van der Waals surface area contributed by atoms with E-state index in [9.17, 15) is 4.79 Å². The summed E-state index contributed by atoms with van der Waals surface area (Å²) in [5.74, 6) is 0.701. The largest absolute Gasteiger partial charge is 0.348 e. The topological polar surface area (TPSA) is 66.9 Å². The van der Waals surface area contributed by atoms with Crippen molar-refractivity contribution < 1.29 is 4.79 Å². The molecule has 0 atom stereocenters. The third-order valence-corrected chi connectivity index (χ3v) is 3.63. The molecule has 0 bridgehead atoms. The lowest BCUT2D eigenvalue weighted by molar-refractivity contribution is 0.0946. The van der Waals surface area contributed by atoms with Gasteiger partial charge in [-0.25, -0.2) is 9.97 Å². The number of aromatic nitrogens is 2. The zero-order chi connectivity index (χ0) is 15.5. The Kier molecular flexibility index (Phi) is 4.04. The summed E-state index contributed by atoms with van der Waals surface area (Å²) in [6.07, 6.45) is 3.72. The Morgan fingerprint density at radius 1 is 1.23 bits per heavy atom. The summed E-state index contributed by atoms with van der Waals surface area (Å²) in [4.78, 5) is 20.6. The van der Waals surface area contributed by atoms with E-state index < -0.39 is 0 Å². The highest BCUT2D eigenvalue weighted by Crippen LogP contribution is 2.25. The lowest BCUT2D eigenvalue weighted by Crippen LogP contribution is -2.26. The molecule has 1 saturated carbocycles. The minimum Gasteiger partial charge on any atom is -0.348 e. The fraction of sp³-hybridized carbons (Fsp3) is 0.353. The van der Waals surface area contributed by atoms with Crippen molar-refractivity contribution in [2.45, 2.75) is 38.6 Å². The highest BCUT2D eigenvalue weighted by molar-refractivity contribution is 5.92. The van der Waals surface area contributed by atoms with Gasteiger partial charge in [0.1, 0.15) is 5.69 Å². The maximum Gasteiger partial charge on any atom is 0.270 e. The highest BCUT2D eigenvalue weighted by Gasteiger charge is 2.24. The molecule has 0 spiro atoms. The Hall–Kier alpha value is -2.43. The van der Waals surface area contributed by atoms with Crippen molar-refractivity contribution in [3.63, 3.8) is 0 Å². The third kappa shape index (κ3) is 3.42. The van der Waals surface area contributed by atoms with E-state index in [0.29, 0.717) is 23.6 Å². The summed E-state index contributed by atoms with van der Waals surface area (Å²) in [6, 6.07) is 10.0. The van der Waals surface area contributed by atoms with Gasteiger partial charge in [0.2, 0.25) is 5.95 Å². The first kappa shape index (κ1) is 14.5. The van der Waals surface area contributed by atoms with Gasteiger partial charge in [0.05, 0.1) is 0 Å². The minimum atomic E-state index is -0.134. The quantitative estimate of drug-likeness (QED) is 0.889. The van der Waals surface area contributed by atoms with Gasteiger partial charge in [-0.2, -0.15) is 0 Å². The molecule has 1 aliphatic rings. The van der Waals surface area contributed by atoms with E-state index in [2.05, 4.69) is 40.5 Å². The Morgan fingerprint density at radius 2 is 2.00 bits per heavy atom. The van der Waals surface area contributed by atoms with Crippen LogP contribution < -0.4 is 10.6 Å². The average Bonchev–Trinajstić information content (AvgIpc) is 3.32. The fourth-order valence-electron chi connectivity index (χ4n) is 2.27. The van der Waals surface area contributed by atoms with Crippen LogP contribution in [0.4, 0.5) is 11.6 Å². The number of hydrogen-bond donors (Lipinski definition) is 2. The number of anilines is 2. The summed E-state index contributed by atoms with van der Waals surface area (Å²) in [6.45, 7) is 4.28. The van der Waals surface area contributed by atoms with Crippen molar-refractivity contribution in [2.75, 3.05) is 5.32 Å². The summed E-state index contributed by atoms with van der Waals surface area (Å²) in [5.41, 5.74) is 2.56. The molecule has 0 aliphatic heterocycles. The summed E-state index contributed by atoms with van der Waals surface area (Å²) in [7, 11) is 0. The molecule has 1 amide bonds. The number of para-hydroxylation sites is 1. The molecule has 0 unspecified atom stereocenters. The van der Waals surface area contributed by atoms with E-state index in [1.165, 1.54) is 5.56 Å². The molecule has 1 aliphatic carbocycles. The normalized spacial score (nSPS) is 14.0. The van der Waals surface area contributed by atoms with E-state index >= 15 is 0 Å². The van der Waals surface area contributed by atoms with Crippen LogP contribution >= 0.6 is 0 Å². The van der Waals surface area contributed by atoms with Gasteiger partial charge in [-0.05, 0) is 36.5 Å². The van der Waals surface area contributed by atoms with E-state index in [0.717, 1.165) is 18.5 Å². The zero-order valence-corrected chi connectivity index (χ0v) is 12.8. The second-order valence-electron chi connectivity index (χ2n) is 5.88. The first-order valence-corrected chi connectivity index (χ1v) is 7.63. The molecule has 1 heterocycles. The molecule has 114 valence electrons. The number of hydrogen-bond acceptors (Lipinski definition) is 4. The van der Waals surface area contributed by atoms with E-state index in [1.807, 2.05) is 18.2 Å². The number of rotatable bonds is 5. The van der Waals surface area contributed by atoms with Gasteiger partial charge in [0, 0.05) is 17.9 Å². The smallest absolute Gasteiger partial charge is 0.270 e. The van der Waals surface area contributed by atoms with Crippen molar-refractivity contribution in [3.8, 4) is 0 Å². The Morgan fingerprint density at radius 3 is 2.73 bits per heavy atom. The van der Waals surface area contributed by atoms with E-state index in [-0.39, 0.29) is 5.91 Å². The molecule has 5 heteroatoms. The number of nitrogens with one attached hydrogen (secondary N) is 2. The fourth-order valence-corrected chi connectivity index (χ4v) is 2.27. The Labute approximate surface area is 130 Å². The van der Waals surface area contributed by atoms with Crippen LogP contribution in [0.2, 0.25) is 0 Å². The lowest BCUT2D eigenvalue weighted by atomic mass is 10.0. The predicted molar refractivity (Wildman–Crippen MR) is 86.3 cm³/mol. The second-order valence-corrected chi connectivity index (χ2v) is 5.88. The standard InChI is InChI=1S/C17H20N4O/c1-11(2)13-5-3-4-6-14(13)20-17-18-10-9-15(21-17)16(22)19-12-7-8-12/h3-6,9-12H,7-8H2,1-2H3,(H,19,22)(H,18,20,21). The molecule has 5 nitrogen and oxygen atoms in total. The monoisotopic (exact) mass is 296 g/mol. The van der Waals surface area contributed by atoms with Crippen LogP contribution in [0.25, 0.3) is 0 Å². The third-order valence-electron chi connectivity index (χ3n) is 3.63. The van der Waals surface area contributed by atoms with Crippen LogP contribution in [0.1, 0.15) is 48.7 Å². The molecule has 1 aromatic carbocycles. The molecule has 2 N–H and O–H groups in total. The number of benzene rings is 1. The molecule has 3 rings (SSSR count). The van der Waals surface area contributed by atoms with Gasteiger partial charge < -0.3 is 10.6 Å². The maximum absolute atomic E-state index is 12.0. The highest BCUT2D eigenvalue weighted by atomic mass is 16.2. The van der Waals surface area contributed by atoms with Gasteiger partial charge >= 0.3 is 0 Å². The van der Waals surface area contributed by atoms with E-state index in [4.69, 9.17) is 0 Å². The van der Waals surface area contributed by atoms with Gasteiger partial charge in [0.15, 0.2) is 0 Å². The average molecular weight is 296 g/mol. The number of amides is 1. The van der Waals surface area contributed by atoms with Crippen molar-refractivity contribution in [1.29, 1.82) is 0 Å². The molecule has 0 saturated heterocycles. The first-order chi connectivity index (χ1) is 10.6. The first-order valence-electron chi connectivity index (χ1n) is 7.63. The van der Waals surface area contributed by atoms with Crippen LogP contribution in [0.3, 0.4) is 0 Å². The Balaban J connectivity index is 1.79. The Bertz CT molecular complexity index is 680. The van der Waals surface area contributed by atoms with Crippen molar-refractivity contribution >= 4 is 17.5 Å². The van der Waals surface area contributed by atoms with Gasteiger partial charge in [-0.15, -0.1) is 0 Å². The predicted octanol–water partition coefficient (Wildman–Crippen LogP) is 3.24. The molecule has 0 radical (unpaired) electrons. The minimum absolute atomic E-state index is 0.134. The molecular weight excluding hydrogens is 276 g/mol. The maximum atomic E-state index is 12.0. The SMILES string of the molecule is CC(C)c1ccccc1Nc1nccc(C(=O)NC2CC2)n1. The molecular formula is C17H20N4O. The van der Waals surface area contributed by atoms with Crippen molar-refractivity contribution in [3.05, 3.63) is 47.8 Å². The summed E-state index contributed by atoms with van der Waals surface area (Å²) in [5, 5.41) is 6.15. The summed E-state index contributed by atoms with van der Waals surface area (Å²) >= 11 is 0.